The maximum Gasteiger partial charge on any atom is 0.350 e. The second kappa shape index (κ2) is 12.5. The van der Waals surface area contributed by atoms with Crippen molar-refractivity contribution in [3.63, 3.8) is 0 Å². The molecule has 0 saturated heterocycles. The minimum absolute atomic E-state index is 0.116. The molecule has 11 heteroatoms. The predicted molar refractivity (Wildman–Crippen MR) is 138 cm³/mol. The number of ether oxygens (including phenoxy) is 1. The van der Waals surface area contributed by atoms with Gasteiger partial charge in [0.15, 0.2) is 10.3 Å². The van der Waals surface area contributed by atoms with Crippen molar-refractivity contribution < 1.29 is 14.3 Å². The number of hydrogen-bond acceptors (Lipinski definition) is 9. The molecule has 0 aliphatic rings. The molecule has 0 saturated carbocycles. The Labute approximate surface area is 210 Å². The number of nitrogens with one attached hydrogen (secondary N) is 1. The number of carbonyl (C=O) groups is 2. The van der Waals surface area contributed by atoms with Crippen LogP contribution in [0.1, 0.15) is 26.8 Å². The Kier molecular flexibility index (Phi) is 9.49. The molecule has 0 atom stereocenters. The number of nitrogens with zero attached hydrogens (tertiary/aromatic N) is 4. The molecule has 1 N–H and O–H groups in total. The van der Waals surface area contributed by atoms with Gasteiger partial charge in [0.05, 0.1) is 17.2 Å². The first-order valence-electron chi connectivity index (χ1n) is 10.3. The zero-order chi connectivity index (χ0) is 24.5. The average molecular weight is 516 g/mol. The van der Waals surface area contributed by atoms with Crippen LogP contribution in [-0.2, 0) is 21.8 Å². The molecule has 2 heterocycles. The number of allylic oxidation sites excluding steroid dienone is 1. The monoisotopic (exact) mass is 515 g/mol. The molecule has 0 aliphatic carbocycles. The lowest BCUT2D eigenvalue weighted by Crippen LogP contribution is -2.14. The number of aromatic nitrogens is 4. The molecule has 3 aromatic rings. The molecule has 1 aromatic carbocycles. The van der Waals surface area contributed by atoms with Crippen LogP contribution < -0.4 is 5.32 Å². The molecular formula is C23H25N5O3S3. The summed E-state index contributed by atoms with van der Waals surface area (Å²) < 4.78 is 6.99. The van der Waals surface area contributed by atoms with Gasteiger partial charge >= 0.3 is 5.97 Å². The van der Waals surface area contributed by atoms with Crippen molar-refractivity contribution in [3.8, 4) is 0 Å². The van der Waals surface area contributed by atoms with Crippen LogP contribution in [0.3, 0.4) is 0 Å². The van der Waals surface area contributed by atoms with E-state index in [1.807, 2.05) is 4.57 Å². The highest BCUT2D eigenvalue weighted by Crippen LogP contribution is 2.26. The van der Waals surface area contributed by atoms with Gasteiger partial charge in [-0.1, -0.05) is 59.5 Å². The van der Waals surface area contributed by atoms with E-state index in [4.69, 9.17) is 4.74 Å². The summed E-state index contributed by atoms with van der Waals surface area (Å²) in [6.45, 7) is 11.7. The van der Waals surface area contributed by atoms with Crippen LogP contribution >= 0.6 is 34.9 Å². The second-order valence-electron chi connectivity index (χ2n) is 7.06. The van der Waals surface area contributed by atoms with Crippen LogP contribution in [0, 0.1) is 13.8 Å². The highest BCUT2D eigenvalue weighted by atomic mass is 32.2. The van der Waals surface area contributed by atoms with Crippen molar-refractivity contribution >= 4 is 51.9 Å². The summed E-state index contributed by atoms with van der Waals surface area (Å²) in [6.07, 6.45) is 3.27. The van der Waals surface area contributed by atoms with Gasteiger partial charge in [-0.15, -0.1) is 28.5 Å². The summed E-state index contributed by atoms with van der Waals surface area (Å²) in [5.74, 6) is 0.841. The highest BCUT2D eigenvalue weighted by Gasteiger charge is 2.19. The van der Waals surface area contributed by atoms with E-state index in [1.165, 1.54) is 23.4 Å². The second-order valence-corrected chi connectivity index (χ2v) is 10.0. The first-order valence-corrected chi connectivity index (χ1v) is 13.1. The largest absolute Gasteiger partial charge is 0.457 e. The Balaban J connectivity index is 1.58. The van der Waals surface area contributed by atoms with Gasteiger partial charge in [0.25, 0.3) is 0 Å². The number of esters is 1. The van der Waals surface area contributed by atoms with Gasteiger partial charge in [0.1, 0.15) is 17.3 Å². The lowest BCUT2D eigenvalue weighted by molar-refractivity contribution is -0.113. The third-order valence-corrected chi connectivity index (χ3v) is 7.41. The number of thiazole rings is 1. The Morgan fingerprint density at radius 2 is 1.91 bits per heavy atom. The fourth-order valence-corrected chi connectivity index (χ4v) is 5.23. The van der Waals surface area contributed by atoms with E-state index in [0.717, 1.165) is 22.1 Å². The number of benzene rings is 1. The number of aryl methyl sites for hydroxylation is 2. The van der Waals surface area contributed by atoms with Gasteiger partial charge in [0.2, 0.25) is 5.91 Å². The molecule has 0 unspecified atom stereocenters. The third kappa shape index (κ3) is 7.05. The van der Waals surface area contributed by atoms with Crippen LogP contribution in [0.4, 0.5) is 5.13 Å². The summed E-state index contributed by atoms with van der Waals surface area (Å²) in [7, 11) is 0. The van der Waals surface area contributed by atoms with E-state index in [2.05, 4.69) is 64.8 Å². The molecule has 0 fully saturated rings. The fraction of sp³-hybridized carbons (Fsp3) is 0.261. The average Bonchev–Trinajstić information content (AvgIpc) is 3.38. The third-order valence-electron chi connectivity index (χ3n) is 4.39. The van der Waals surface area contributed by atoms with E-state index < -0.39 is 5.97 Å². The lowest BCUT2D eigenvalue weighted by atomic mass is 10.2. The quantitative estimate of drug-likeness (QED) is 0.207. The fourth-order valence-electron chi connectivity index (χ4n) is 2.75. The normalized spacial score (nSPS) is 10.6. The highest BCUT2D eigenvalue weighted by molar-refractivity contribution is 7.99. The smallest absolute Gasteiger partial charge is 0.350 e. The van der Waals surface area contributed by atoms with Gasteiger partial charge in [-0.05, 0) is 26.0 Å². The van der Waals surface area contributed by atoms with Crippen molar-refractivity contribution in [2.45, 2.75) is 36.2 Å². The minimum atomic E-state index is -0.488. The maximum atomic E-state index is 12.5. The Morgan fingerprint density at radius 3 is 2.62 bits per heavy atom. The summed E-state index contributed by atoms with van der Waals surface area (Å²) in [5, 5.41) is 12.3. The number of thioether (sulfide) groups is 2. The molecule has 178 valence electrons. The van der Waals surface area contributed by atoms with Gasteiger partial charge < -0.3 is 14.6 Å². The van der Waals surface area contributed by atoms with Crippen LogP contribution in [0.15, 0.2) is 59.6 Å². The maximum absolute atomic E-state index is 12.5. The Morgan fingerprint density at radius 1 is 1.15 bits per heavy atom. The van der Waals surface area contributed by atoms with Gasteiger partial charge in [-0.2, -0.15) is 0 Å². The molecule has 0 radical (unpaired) electrons. The number of hydrogen-bond donors (Lipinski definition) is 1. The van der Waals surface area contributed by atoms with E-state index in [9.17, 15) is 9.59 Å². The molecular weight excluding hydrogens is 490 g/mol. The van der Waals surface area contributed by atoms with Crippen LogP contribution in [-0.4, -0.2) is 44.0 Å². The first-order chi connectivity index (χ1) is 16.4. The zero-order valence-electron chi connectivity index (χ0n) is 18.9. The number of anilines is 1. The number of amides is 1. The van der Waals surface area contributed by atoms with Crippen molar-refractivity contribution in [2.24, 2.45) is 0 Å². The summed E-state index contributed by atoms with van der Waals surface area (Å²) in [5.41, 5.74) is 1.72. The summed E-state index contributed by atoms with van der Waals surface area (Å²) in [4.78, 5) is 30.3. The van der Waals surface area contributed by atoms with Gasteiger partial charge in [0, 0.05) is 11.4 Å². The molecule has 2 aromatic heterocycles. The van der Waals surface area contributed by atoms with E-state index >= 15 is 0 Å². The van der Waals surface area contributed by atoms with Gasteiger partial charge in [-0.3, -0.25) is 4.79 Å². The Bertz CT molecular complexity index is 1170. The lowest BCUT2D eigenvalue weighted by Gasteiger charge is -2.08. The first kappa shape index (κ1) is 25.7. The van der Waals surface area contributed by atoms with E-state index in [-0.39, 0.29) is 18.3 Å². The zero-order valence-corrected chi connectivity index (χ0v) is 21.4. The van der Waals surface area contributed by atoms with Crippen molar-refractivity contribution in [1.29, 1.82) is 0 Å². The van der Waals surface area contributed by atoms with Crippen molar-refractivity contribution in [1.82, 2.24) is 19.7 Å². The molecule has 1 amide bonds. The van der Waals surface area contributed by atoms with E-state index in [1.54, 1.807) is 24.8 Å². The molecule has 3 rings (SSSR count). The molecule has 34 heavy (non-hydrogen) atoms. The van der Waals surface area contributed by atoms with E-state index in [0.29, 0.717) is 33.2 Å². The molecule has 8 nitrogen and oxygen atoms in total. The standard InChI is InChI=1S/C23H25N5O3S3/c1-5-11-28-18(13-32-17-9-7-15(3)8-10-17)26-27-23(28)33-14-19(29)25-22-24-16(4)20(34-22)21(30)31-12-6-2/h5-10H,1-2,11-14H2,3-4H3,(H,24,25,29). The predicted octanol–water partition coefficient (Wildman–Crippen LogP) is 4.90. The van der Waals surface area contributed by atoms with Crippen LogP contribution in [0.25, 0.3) is 0 Å². The molecule has 0 bridgehead atoms. The molecule has 0 aliphatic heterocycles. The molecule has 0 spiro atoms. The number of carbonyl (C=O) groups excluding carboxylic acids is 2. The summed E-state index contributed by atoms with van der Waals surface area (Å²) in [6, 6.07) is 8.32. The van der Waals surface area contributed by atoms with Crippen LogP contribution in [0.5, 0.6) is 0 Å². The van der Waals surface area contributed by atoms with Crippen molar-refractivity contribution in [3.05, 3.63) is 71.5 Å². The van der Waals surface area contributed by atoms with Crippen LogP contribution in [0.2, 0.25) is 0 Å². The minimum Gasteiger partial charge on any atom is -0.457 e. The van der Waals surface area contributed by atoms with Crippen molar-refractivity contribution in [2.75, 3.05) is 17.7 Å². The van der Waals surface area contributed by atoms with Gasteiger partial charge in [-0.25, -0.2) is 9.78 Å². The number of rotatable bonds is 12. The summed E-state index contributed by atoms with van der Waals surface area (Å²) >= 11 is 4.04. The SMILES string of the molecule is C=CCOC(=O)c1sc(NC(=O)CSc2nnc(CSc3ccc(C)cc3)n2CC=C)nc1C. The topological polar surface area (TPSA) is 99.0 Å². The Hall–Kier alpha value is -2.89.